The van der Waals surface area contributed by atoms with Crippen LogP contribution in [0.15, 0.2) is 22.6 Å². The molecule has 2 aromatic rings. The molecule has 0 unspecified atom stereocenters. The van der Waals surface area contributed by atoms with Crippen LogP contribution in [0.5, 0.6) is 5.75 Å². The number of nitrogens with zero attached hydrogens (tertiary/aromatic N) is 1. The molecule has 1 aliphatic rings. The van der Waals surface area contributed by atoms with Crippen LogP contribution in [-0.2, 0) is 9.59 Å². The van der Waals surface area contributed by atoms with E-state index in [2.05, 4.69) is 4.98 Å². The van der Waals surface area contributed by atoms with Gasteiger partial charge in [-0.2, -0.15) is 0 Å². The third-order valence-corrected chi connectivity index (χ3v) is 2.63. The van der Waals surface area contributed by atoms with E-state index in [9.17, 15) is 19.5 Å². The van der Waals surface area contributed by atoms with E-state index in [1.807, 2.05) is 10.6 Å². The molecule has 8 heteroatoms. The number of rotatable bonds is 1. The molecular formula is C11H7N3O5. The second-order valence-electron chi connectivity index (χ2n) is 3.94. The van der Waals surface area contributed by atoms with Crippen LogP contribution in [0.4, 0.5) is 4.79 Å². The van der Waals surface area contributed by atoms with Gasteiger partial charge in [0.1, 0.15) is 11.3 Å². The topological polar surface area (TPSA) is 122 Å². The summed E-state index contributed by atoms with van der Waals surface area (Å²) in [6.45, 7) is 0. The molecule has 1 aromatic heterocycles. The van der Waals surface area contributed by atoms with Crippen LogP contribution in [0.25, 0.3) is 11.1 Å². The number of carbonyl (C=O) groups is 3. The first kappa shape index (κ1) is 11.2. The van der Waals surface area contributed by atoms with Crippen LogP contribution in [0, 0.1) is 0 Å². The molecule has 1 aliphatic heterocycles. The van der Waals surface area contributed by atoms with Gasteiger partial charge in [0.25, 0.3) is 0 Å². The molecule has 96 valence electrons. The maximum atomic E-state index is 11.6. The largest absolute Gasteiger partial charge is 0.508 e. The lowest BCUT2D eigenvalue weighted by Gasteiger charge is -2.17. The maximum Gasteiger partial charge on any atom is 0.328 e. The minimum Gasteiger partial charge on any atom is -0.508 e. The Labute approximate surface area is 105 Å². The van der Waals surface area contributed by atoms with Gasteiger partial charge in [0, 0.05) is 6.07 Å². The Morgan fingerprint density at radius 1 is 1.16 bits per heavy atom. The number of barbiturate groups is 1. The van der Waals surface area contributed by atoms with Crippen molar-refractivity contribution in [2.24, 2.45) is 0 Å². The van der Waals surface area contributed by atoms with Gasteiger partial charge < -0.3 is 9.52 Å². The zero-order chi connectivity index (χ0) is 13.6. The van der Waals surface area contributed by atoms with Crippen molar-refractivity contribution >= 4 is 28.9 Å². The number of aromatic hydroxyl groups is 1. The number of carbonyl (C=O) groups excluding carboxylic acids is 3. The number of oxazole rings is 1. The average molecular weight is 261 g/mol. The van der Waals surface area contributed by atoms with Gasteiger partial charge in [-0.1, -0.05) is 0 Å². The summed E-state index contributed by atoms with van der Waals surface area (Å²) >= 11 is 0. The van der Waals surface area contributed by atoms with E-state index in [-0.39, 0.29) is 17.2 Å². The summed E-state index contributed by atoms with van der Waals surface area (Å²) in [7, 11) is 0. The van der Waals surface area contributed by atoms with Crippen molar-refractivity contribution in [1.82, 2.24) is 15.6 Å². The van der Waals surface area contributed by atoms with Gasteiger partial charge in [0.2, 0.25) is 17.7 Å². The van der Waals surface area contributed by atoms with E-state index in [4.69, 9.17) is 4.42 Å². The molecular weight excluding hydrogens is 254 g/mol. The van der Waals surface area contributed by atoms with E-state index in [0.717, 1.165) is 0 Å². The van der Waals surface area contributed by atoms with Gasteiger partial charge in [-0.15, -0.1) is 0 Å². The van der Waals surface area contributed by atoms with Crippen LogP contribution in [0.3, 0.4) is 0 Å². The van der Waals surface area contributed by atoms with Crippen molar-refractivity contribution in [3.05, 3.63) is 24.1 Å². The lowest BCUT2D eigenvalue weighted by Crippen LogP contribution is -2.54. The number of hydrogen-bond acceptors (Lipinski definition) is 6. The average Bonchev–Trinajstić information content (AvgIpc) is 2.69. The highest BCUT2D eigenvalue weighted by Gasteiger charge is 2.39. The van der Waals surface area contributed by atoms with Crippen LogP contribution >= 0.6 is 0 Å². The van der Waals surface area contributed by atoms with Crippen molar-refractivity contribution in [3.63, 3.8) is 0 Å². The summed E-state index contributed by atoms with van der Waals surface area (Å²) in [6, 6.07) is 3.33. The third kappa shape index (κ3) is 1.79. The summed E-state index contributed by atoms with van der Waals surface area (Å²) in [5, 5.41) is 13.2. The molecule has 0 bridgehead atoms. The molecule has 1 saturated heterocycles. The summed E-state index contributed by atoms with van der Waals surface area (Å²) in [5.41, 5.74) is 0.637. The molecule has 0 spiro atoms. The molecule has 1 fully saturated rings. The smallest absolute Gasteiger partial charge is 0.328 e. The second kappa shape index (κ2) is 3.80. The maximum absolute atomic E-state index is 11.6. The number of phenols is 1. The first-order chi connectivity index (χ1) is 9.04. The first-order valence-electron chi connectivity index (χ1n) is 5.30. The van der Waals surface area contributed by atoms with Crippen molar-refractivity contribution in [3.8, 4) is 5.75 Å². The molecule has 1 aromatic carbocycles. The quantitative estimate of drug-likeness (QED) is 0.620. The van der Waals surface area contributed by atoms with Gasteiger partial charge in [0.15, 0.2) is 11.5 Å². The number of benzene rings is 1. The molecule has 3 rings (SSSR count). The first-order valence-corrected chi connectivity index (χ1v) is 5.30. The fourth-order valence-electron chi connectivity index (χ4n) is 1.80. The molecule has 0 radical (unpaired) electrons. The Morgan fingerprint density at radius 3 is 2.53 bits per heavy atom. The summed E-state index contributed by atoms with van der Waals surface area (Å²) in [4.78, 5) is 38.2. The monoisotopic (exact) mass is 261 g/mol. The lowest BCUT2D eigenvalue weighted by atomic mass is 10.1. The molecule has 8 nitrogen and oxygen atoms in total. The van der Waals surface area contributed by atoms with Crippen LogP contribution < -0.4 is 10.6 Å². The third-order valence-electron chi connectivity index (χ3n) is 2.63. The van der Waals surface area contributed by atoms with Crippen molar-refractivity contribution < 1.29 is 23.9 Å². The zero-order valence-electron chi connectivity index (χ0n) is 9.34. The summed E-state index contributed by atoms with van der Waals surface area (Å²) < 4.78 is 5.26. The van der Waals surface area contributed by atoms with E-state index in [1.54, 1.807) is 0 Å². The fourth-order valence-corrected chi connectivity index (χ4v) is 1.80. The Bertz CT molecular complexity index is 700. The number of phenolic OH excluding ortho intramolecular Hbond substituents is 1. The molecule has 0 saturated carbocycles. The highest BCUT2D eigenvalue weighted by atomic mass is 16.4. The molecule has 0 atom stereocenters. The number of amides is 4. The van der Waals surface area contributed by atoms with Gasteiger partial charge in [-0.3, -0.25) is 20.2 Å². The van der Waals surface area contributed by atoms with Gasteiger partial charge in [-0.25, -0.2) is 9.78 Å². The number of fused-ring (bicyclic) bond motifs is 1. The SMILES string of the molecule is O=C1NC(=O)C(c2nc3ccc(O)cc3o2)C(=O)N1. The Kier molecular flexibility index (Phi) is 2.24. The number of nitrogens with one attached hydrogen (secondary N) is 2. The lowest BCUT2D eigenvalue weighted by molar-refractivity contribution is -0.132. The Balaban J connectivity index is 2.06. The van der Waals surface area contributed by atoms with Crippen molar-refractivity contribution in [2.75, 3.05) is 0 Å². The number of aromatic nitrogens is 1. The predicted molar refractivity (Wildman–Crippen MR) is 60.1 cm³/mol. The standard InChI is InChI=1S/C11H7N3O5/c15-4-1-2-5-6(3-4)19-10(12-5)7-8(16)13-11(18)14-9(7)17/h1-3,7,15H,(H2,13,14,16,17,18). The van der Waals surface area contributed by atoms with Gasteiger partial charge in [0.05, 0.1) is 0 Å². The van der Waals surface area contributed by atoms with Crippen molar-refractivity contribution in [1.29, 1.82) is 0 Å². The molecule has 19 heavy (non-hydrogen) atoms. The predicted octanol–water partition coefficient (Wildman–Crippen LogP) is -0.0170. The normalized spacial score (nSPS) is 16.5. The Morgan fingerprint density at radius 2 is 1.84 bits per heavy atom. The zero-order valence-corrected chi connectivity index (χ0v) is 9.34. The van der Waals surface area contributed by atoms with Crippen LogP contribution in [0.1, 0.15) is 11.8 Å². The molecule has 4 amide bonds. The minimum absolute atomic E-state index is 0.0251. The molecule has 2 heterocycles. The van der Waals surface area contributed by atoms with E-state index in [1.165, 1.54) is 18.2 Å². The van der Waals surface area contributed by atoms with E-state index >= 15 is 0 Å². The highest BCUT2D eigenvalue weighted by Crippen LogP contribution is 2.25. The van der Waals surface area contributed by atoms with E-state index in [0.29, 0.717) is 5.52 Å². The summed E-state index contributed by atoms with van der Waals surface area (Å²) in [5.74, 6) is -3.09. The summed E-state index contributed by atoms with van der Waals surface area (Å²) in [6.07, 6.45) is 0. The van der Waals surface area contributed by atoms with Gasteiger partial charge in [-0.05, 0) is 12.1 Å². The van der Waals surface area contributed by atoms with Crippen LogP contribution in [-0.4, -0.2) is 27.9 Å². The number of hydrogen-bond donors (Lipinski definition) is 3. The molecule has 3 N–H and O–H groups in total. The number of imide groups is 2. The van der Waals surface area contributed by atoms with Crippen molar-refractivity contribution in [2.45, 2.75) is 5.92 Å². The number of urea groups is 1. The van der Waals surface area contributed by atoms with Gasteiger partial charge >= 0.3 is 6.03 Å². The minimum atomic E-state index is -1.33. The highest BCUT2D eigenvalue weighted by molar-refractivity contribution is 6.19. The fraction of sp³-hybridized carbons (Fsp3) is 0.0909. The Hall–Kier alpha value is -2.90. The van der Waals surface area contributed by atoms with E-state index < -0.39 is 23.8 Å². The second-order valence-corrected chi connectivity index (χ2v) is 3.94. The molecule has 0 aliphatic carbocycles. The van der Waals surface area contributed by atoms with Crippen LogP contribution in [0.2, 0.25) is 0 Å².